The maximum absolute atomic E-state index is 9.25. The van der Waals surface area contributed by atoms with Gasteiger partial charge in [-0.15, -0.1) is 0 Å². The number of carboxylic acid groups (broad SMARTS) is 1. The molecule has 0 rings (SSSR count). The van der Waals surface area contributed by atoms with Gasteiger partial charge in [0, 0.05) is 6.08 Å². The SMILES string of the molecule is C=CC(=O)O.[GaH3]. The van der Waals surface area contributed by atoms with Crippen molar-refractivity contribution in [2.45, 2.75) is 0 Å². The normalized spacial score (nSPS) is 5.33. The van der Waals surface area contributed by atoms with Crippen LogP contribution < -0.4 is 0 Å². The minimum absolute atomic E-state index is 0. The molecule has 6 heavy (non-hydrogen) atoms. The first-order valence-electron chi connectivity index (χ1n) is 1.12. The molecule has 0 heterocycles. The van der Waals surface area contributed by atoms with E-state index in [1.807, 2.05) is 0 Å². The van der Waals surface area contributed by atoms with Gasteiger partial charge in [0.25, 0.3) is 0 Å². The van der Waals surface area contributed by atoms with Gasteiger partial charge in [-0.05, 0) is 0 Å². The van der Waals surface area contributed by atoms with Crippen molar-refractivity contribution in [2.75, 3.05) is 0 Å². The summed E-state index contributed by atoms with van der Waals surface area (Å²) in [6.45, 7) is 2.96. The Kier molecular flexibility index (Phi) is 7.50. The summed E-state index contributed by atoms with van der Waals surface area (Å²) >= 11 is 0. The third-order valence-corrected chi connectivity index (χ3v) is 0.175. The zero-order valence-corrected chi connectivity index (χ0v) is 2.64. The molecule has 0 aromatic rings. The van der Waals surface area contributed by atoms with Gasteiger partial charge in [0.2, 0.25) is 0 Å². The Balaban J connectivity index is 0. The molecule has 0 radical (unpaired) electrons. The summed E-state index contributed by atoms with van der Waals surface area (Å²) in [6, 6.07) is 0. The first kappa shape index (κ1) is 9.28. The summed E-state index contributed by atoms with van der Waals surface area (Å²) in [5.41, 5.74) is 0. The van der Waals surface area contributed by atoms with Crippen LogP contribution in [-0.4, -0.2) is 30.9 Å². The van der Waals surface area contributed by atoms with Gasteiger partial charge < -0.3 is 5.11 Å². The number of carboxylic acids is 1. The Morgan fingerprint density at radius 3 is 2.00 bits per heavy atom. The van der Waals surface area contributed by atoms with E-state index in [0.29, 0.717) is 0 Å². The van der Waals surface area contributed by atoms with Gasteiger partial charge in [-0.2, -0.15) is 0 Å². The molecule has 2 nitrogen and oxygen atoms in total. The summed E-state index contributed by atoms with van der Waals surface area (Å²) in [6.07, 6.45) is 0.833. The second kappa shape index (κ2) is 4.85. The van der Waals surface area contributed by atoms with E-state index in [-0.39, 0.29) is 19.8 Å². The van der Waals surface area contributed by atoms with Gasteiger partial charge in [0.15, 0.2) is 0 Å². The van der Waals surface area contributed by atoms with E-state index in [1.165, 1.54) is 0 Å². The van der Waals surface area contributed by atoms with Crippen molar-refractivity contribution in [1.29, 1.82) is 0 Å². The maximum atomic E-state index is 9.25. The number of hydrogen-bond donors (Lipinski definition) is 1. The molecule has 0 saturated carbocycles. The van der Waals surface area contributed by atoms with Gasteiger partial charge in [0.05, 0.1) is 0 Å². The summed E-state index contributed by atoms with van der Waals surface area (Å²) in [7, 11) is 0. The van der Waals surface area contributed by atoms with Crippen LogP contribution in [0.5, 0.6) is 0 Å². The van der Waals surface area contributed by atoms with Crippen LogP contribution in [0.1, 0.15) is 0 Å². The zero-order valence-electron chi connectivity index (χ0n) is 2.64. The van der Waals surface area contributed by atoms with Crippen LogP contribution in [0.4, 0.5) is 0 Å². The molecule has 1 N–H and O–H groups in total. The molecule has 3 heteroatoms. The second-order valence-electron chi connectivity index (χ2n) is 0.542. The molecule has 0 spiro atoms. The Morgan fingerprint density at radius 2 is 2.00 bits per heavy atom. The number of hydrogen-bond acceptors (Lipinski definition) is 1. The van der Waals surface area contributed by atoms with Crippen molar-refractivity contribution < 1.29 is 9.90 Å². The summed E-state index contributed by atoms with van der Waals surface area (Å²) in [4.78, 5) is 9.25. The fourth-order valence-electron chi connectivity index (χ4n) is 0. The molecular weight excluding hydrogens is 138 g/mol. The van der Waals surface area contributed by atoms with Crippen LogP contribution in [0.3, 0.4) is 0 Å². The zero-order chi connectivity index (χ0) is 4.28. The topological polar surface area (TPSA) is 37.3 Å². The van der Waals surface area contributed by atoms with Gasteiger partial charge in [0.1, 0.15) is 0 Å². The Morgan fingerprint density at radius 1 is 1.83 bits per heavy atom. The number of carbonyl (C=O) groups is 1. The first-order chi connectivity index (χ1) is 2.27. The molecular formula is C3H7GaO2. The Hall–Kier alpha value is -0.154. The molecule has 0 aromatic carbocycles. The monoisotopic (exact) mass is 144 g/mol. The van der Waals surface area contributed by atoms with E-state index in [2.05, 4.69) is 6.58 Å². The molecule has 0 aliphatic carbocycles. The number of rotatable bonds is 1. The van der Waals surface area contributed by atoms with E-state index < -0.39 is 5.97 Å². The third kappa shape index (κ3) is 9.14. The first-order valence-corrected chi connectivity index (χ1v) is 1.12. The van der Waals surface area contributed by atoms with Crippen molar-refractivity contribution in [3.05, 3.63) is 12.7 Å². The average molecular weight is 145 g/mol. The summed E-state index contributed by atoms with van der Waals surface area (Å²) < 4.78 is 0. The molecule has 0 bridgehead atoms. The molecule has 0 aliphatic rings. The van der Waals surface area contributed by atoms with Crippen LogP contribution in [0.2, 0.25) is 0 Å². The Labute approximate surface area is 48.9 Å². The fraction of sp³-hybridized carbons (Fsp3) is 0. The second-order valence-corrected chi connectivity index (χ2v) is 0.542. The van der Waals surface area contributed by atoms with Crippen LogP contribution in [-0.2, 0) is 4.79 Å². The van der Waals surface area contributed by atoms with E-state index >= 15 is 0 Å². The van der Waals surface area contributed by atoms with Crippen LogP contribution in [0, 0.1) is 0 Å². The van der Waals surface area contributed by atoms with E-state index in [9.17, 15) is 4.79 Å². The van der Waals surface area contributed by atoms with Gasteiger partial charge in [-0.3, -0.25) is 0 Å². The van der Waals surface area contributed by atoms with Crippen LogP contribution in [0.15, 0.2) is 12.7 Å². The van der Waals surface area contributed by atoms with E-state index in [0.717, 1.165) is 6.08 Å². The van der Waals surface area contributed by atoms with E-state index in [1.54, 1.807) is 0 Å². The molecule has 0 saturated heterocycles. The minimum atomic E-state index is -0.981. The van der Waals surface area contributed by atoms with Gasteiger partial charge in [-0.25, -0.2) is 4.79 Å². The van der Waals surface area contributed by atoms with Crippen molar-refractivity contribution in [3.8, 4) is 0 Å². The molecule has 0 aromatic heterocycles. The fourth-order valence-corrected chi connectivity index (χ4v) is 0. The predicted molar refractivity (Wildman–Crippen MR) is 27.8 cm³/mol. The quantitative estimate of drug-likeness (QED) is 0.382. The number of aliphatic carboxylic acids is 1. The molecule has 34 valence electrons. The molecule has 0 atom stereocenters. The Bertz CT molecular complexity index is 59.8. The average Bonchev–Trinajstić information content (AvgIpc) is 1.38. The molecule has 0 aliphatic heterocycles. The molecule has 0 fully saturated rings. The predicted octanol–water partition coefficient (Wildman–Crippen LogP) is -0.927. The van der Waals surface area contributed by atoms with E-state index in [4.69, 9.17) is 5.11 Å². The van der Waals surface area contributed by atoms with Gasteiger partial charge >= 0.3 is 25.8 Å². The van der Waals surface area contributed by atoms with Crippen LogP contribution in [0.25, 0.3) is 0 Å². The van der Waals surface area contributed by atoms with Crippen molar-refractivity contribution in [3.63, 3.8) is 0 Å². The van der Waals surface area contributed by atoms with Crippen LogP contribution >= 0.6 is 0 Å². The third-order valence-electron chi connectivity index (χ3n) is 0.175. The molecule has 0 amide bonds. The van der Waals surface area contributed by atoms with Gasteiger partial charge in [-0.1, -0.05) is 6.58 Å². The standard InChI is InChI=1S/C3H4O2.Ga.3H/c1-2-3(4)5;;;;/h2H,1H2,(H,4,5);;;;. The van der Waals surface area contributed by atoms with Crippen molar-refractivity contribution >= 4 is 25.8 Å². The van der Waals surface area contributed by atoms with Crippen molar-refractivity contribution in [2.24, 2.45) is 0 Å². The summed E-state index contributed by atoms with van der Waals surface area (Å²) in [5.74, 6) is -0.981. The van der Waals surface area contributed by atoms with Crippen molar-refractivity contribution in [1.82, 2.24) is 0 Å². The summed E-state index contributed by atoms with van der Waals surface area (Å²) in [5, 5.41) is 7.60. The molecule has 0 unspecified atom stereocenters.